The SMILES string of the molecule is O=C(Cc1csc(-c2ccccn2)n1)OCC(=O)N1CCCCCCC1. The zero-order valence-electron chi connectivity index (χ0n) is 14.7. The summed E-state index contributed by atoms with van der Waals surface area (Å²) in [5, 5.41) is 2.59. The van der Waals surface area contributed by atoms with Crippen LogP contribution in [0.1, 0.15) is 37.8 Å². The van der Waals surface area contributed by atoms with Gasteiger partial charge in [-0.3, -0.25) is 14.6 Å². The smallest absolute Gasteiger partial charge is 0.312 e. The second-order valence-corrected chi connectivity index (χ2v) is 7.20. The first-order valence-corrected chi connectivity index (χ1v) is 9.89. The molecular weight excluding hydrogens is 350 g/mol. The molecule has 0 unspecified atom stereocenters. The van der Waals surface area contributed by atoms with Crippen LogP contribution in [0.25, 0.3) is 10.7 Å². The highest BCUT2D eigenvalue weighted by molar-refractivity contribution is 7.13. The maximum absolute atomic E-state index is 12.2. The van der Waals surface area contributed by atoms with E-state index in [0.717, 1.165) is 49.5 Å². The topological polar surface area (TPSA) is 72.4 Å². The Kier molecular flexibility index (Phi) is 6.71. The molecule has 1 saturated heterocycles. The predicted molar refractivity (Wildman–Crippen MR) is 99.7 cm³/mol. The van der Waals surface area contributed by atoms with Gasteiger partial charge in [0.05, 0.1) is 17.8 Å². The summed E-state index contributed by atoms with van der Waals surface area (Å²) in [6.07, 6.45) is 7.38. The Morgan fingerprint density at radius 2 is 1.88 bits per heavy atom. The molecule has 138 valence electrons. The average Bonchev–Trinajstić information content (AvgIpc) is 3.09. The Bertz CT molecular complexity index is 725. The van der Waals surface area contributed by atoms with Gasteiger partial charge in [-0.1, -0.05) is 25.3 Å². The second kappa shape index (κ2) is 9.43. The second-order valence-electron chi connectivity index (χ2n) is 6.34. The zero-order valence-corrected chi connectivity index (χ0v) is 15.5. The highest BCUT2D eigenvalue weighted by atomic mass is 32.1. The van der Waals surface area contributed by atoms with Gasteiger partial charge in [0.25, 0.3) is 5.91 Å². The fourth-order valence-corrected chi connectivity index (χ4v) is 3.72. The van der Waals surface area contributed by atoms with Gasteiger partial charge in [-0.05, 0) is 25.0 Å². The van der Waals surface area contributed by atoms with Gasteiger partial charge >= 0.3 is 5.97 Å². The number of rotatable bonds is 5. The normalized spacial score (nSPS) is 15.2. The van der Waals surface area contributed by atoms with E-state index in [1.54, 1.807) is 6.20 Å². The van der Waals surface area contributed by atoms with E-state index in [4.69, 9.17) is 4.74 Å². The molecule has 3 heterocycles. The summed E-state index contributed by atoms with van der Waals surface area (Å²) in [5.74, 6) is -0.532. The number of aromatic nitrogens is 2. The van der Waals surface area contributed by atoms with Crippen molar-refractivity contribution in [2.75, 3.05) is 19.7 Å². The Hall–Kier alpha value is -2.28. The van der Waals surface area contributed by atoms with Crippen LogP contribution in [0.4, 0.5) is 0 Å². The molecule has 0 radical (unpaired) electrons. The van der Waals surface area contributed by atoms with Gasteiger partial charge in [-0.25, -0.2) is 4.98 Å². The van der Waals surface area contributed by atoms with Crippen LogP contribution in [0.3, 0.4) is 0 Å². The lowest BCUT2D eigenvalue weighted by Gasteiger charge is -2.24. The number of ether oxygens (including phenoxy) is 1. The lowest BCUT2D eigenvalue weighted by Crippen LogP contribution is -2.37. The number of amides is 1. The van der Waals surface area contributed by atoms with Crippen molar-refractivity contribution in [3.05, 3.63) is 35.5 Å². The lowest BCUT2D eigenvalue weighted by molar-refractivity contribution is -0.151. The number of esters is 1. The van der Waals surface area contributed by atoms with Gasteiger partial charge in [-0.15, -0.1) is 11.3 Å². The van der Waals surface area contributed by atoms with Crippen molar-refractivity contribution in [1.82, 2.24) is 14.9 Å². The van der Waals surface area contributed by atoms with E-state index in [2.05, 4.69) is 9.97 Å². The van der Waals surface area contributed by atoms with E-state index in [9.17, 15) is 9.59 Å². The van der Waals surface area contributed by atoms with Crippen LogP contribution in [0.15, 0.2) is 29.8 Å². The molecule has 0 N–H and O–H groups in total. The molecule has 0 atom stereocenters. The molecule has 0 spiro atoms. The minimum absolute atomic E-state index is 0.0661. The number of hydrogen-bond acceptors (Lipinski definition) is 6. The molecule has 0 aliphatic carbocycles. The summed E-state index contributed by atoms with van der Waals surface area (Å²) in [6.45, 7) is 1.34. The Balaban J connectivity index is 1.46. The molecule has 2 aromatic heterocycles. The minimum Gasteiger partial charge on any atom is -0.455 e. The standard InChI is InChI=1S/C19H23N3O3S/c23-17(22-10-6-2-1-3-7-11-22)13-25-18(24)12-15-14-26-19(21-15)16-8-4-5-9-20-16/h4-5,8-9,14H,1-3,6-7,10-13H2. The van der Waals surface area contributed by atoms with E-state index >= 15 is 0 Å². The first kappa shape index (κ1) is 18.5. The third kappa shape index (κ3) is 5.36. The largest absolute Gasteiger partial charge is 0.455 e. The van der Waals surface area contributed by atoms with Crippen molar-refractivity contribution in [2.24, 2.45) is 0 Å². The van der Waals surface area contributed by atoms with Crippen LogP contribution in [-0.4, -0.2) is 46.4 Å². The van der Waals surface area contributed by atoms with Gasteiger partial charge in [-0.2, -0.15) is 0 Å². The van der Waals surface area contributed by atoms with Crippen LogP contribution in [0.5, 0.6) is 0 Å². The summed E-state index contributed by atoms with van der Waals surface area (Å²) in [5.41, 5.74) is 1.42. The van der Waals surface area contributed by atoms with E-state index in [-0.39, 0.29) is 18.9 Å². The highest BCUT2D eigenvalue weighted by Crippen LogP contribution is 2.21. The monoisotopic (exact) mass is 373 g/mol. The summed E-state index contributed by atoms with van der Waals surface area (Å²) >= 11 is 1.44. The molecule has 26 heavy (non-hydrogen) atoms. The third-order valence-electron chi connectivity index (χ3n) is 4.33. The minimum atomic E-state index is -0.428. The van der Waals surface area contributed by atoms with Crippen molar-refractivity contribution in [3.8, 4) is 10.7 Å². The van der Waals surface area contributed by atoms with Crippen molar-refractivity contribution >= 4 is 23.2 Å². The maximum Gasteiger partial charge on any atom is 0.312 e. The molecule has 1 aliphatic heterocycles. The van der Waals surface area contributed by atoms with Gasteiger partial charge in [0, 0.05) is 24.7 Å². The molecular formula is C19H23N3O3S. The van der Waals surface area contributed by atoms with Crippen LogP contribution >= 0.6 is 11.3 Å². The van der Waals surface area contributed by atoms with Gasteiger partial charge in [0.15, 0.2) is 6.61 Å². The molecule has 0 bridgehead atoms. The number of nitrogens with zero attached hydrogens (tertiary/aromatic N) is 3. The van der Waals surface area contributed by atoms with E-state index in [1.807, 2.05) is 28.5 Å². The Morgan fingerprint density at radius 1 is 1.12 bits per heavy atom. The van der Waals surface area contributed by atoms with Crippen LogP contribution in [-0.2, 0) is 20.7 Å². The van der Waals surface area contributed by atoms with Gasteiger partial charge in [0.1, 0.15) is 5.01 Å². The molecule has 3 rings (SSSR count). The number of thiazole rings is 1. The quantitative estimate of drug-likeness (QED) is 0.753. The van der Waals surface area contributed by atoms with Crippen molar-refractivity contribution in [2.45, 2.75) is 38.5 Å². The van der Waals surface area contributed by atoms with Crippen LogP contribution < -0.4 is 0 Å². The molecule has 0 aromatic carbocycles. The molecule has 1 aliphatic rings. The van der Waals surface area contributed by atoms with Crippen molar-refractivity contribution < 1.29 is 14.3 Å². The lowest BCUT2D eigenvalue weighted by atomic mass is 10.1. The molecule has 1 fully saturated rings. The zero-order chi connectivity index (χ0) is 18.2. The number of pyridine rings is 1. The van der Waals surface area contributed by atoms with E-state index in [0.29, 0.717) is 5.69 Å². The first-order chi connectivity index (χ1) is 12.7. The van der Waals surface area contributed by atoms with Crippen LogP contribution in [0, 0.1) is 0 Å². The molecule has 2 aromatic rings. The van der Waals surface area contributed by atoms with E-state index in [1.165, 1.54) is 17.8 Å². The number of hydrogen-bond donors (Lipinski definition) is 0. The average molecular weight is 373 g/mol. The third-order valence-corrected chi connectivity index (χ3v) is 5.24. The van der Waals surface area contributed by atoms with Gasteiger partial charge in [0.2, 0.25) is 0 Å². The molecule has 1 amide bonds. The molecule has 6 nitrogen and oxygen atoms in total. The highest BCUT2D eigenvalue weighted by Gasteiger charge is 2.17. The predicted octanol–water partition coefficient (Wildman–Crippen LogP) is 3.08. The first-order valence-electron chi connectivity index (χ1n) is 9.01. The fraction of sp³-hybridized carbons (Fsp3) is 0.474. The van der Waals surface area contributed by atoms with Gasteiger partial charge < -0.3 is 9.64 Å². The number of likely N-dealkylation sites (tertiary alicyclic amines) is 1. The molecule has 7 heteroatoms. The summed E-state index contributed by atoms with van der Waals surface area (Å²) in [7, 11) is 0. The summed E-state index contributed by atoms with van der Waals surface area (Å²) in [4.78, 5) is 34.7. The Morgan fingerprint density at radius 3 is 2.62 bits per heavy atom. The van der Waals surface area contributed by atoms with Crippen molar-refractivity contribution in [3.63, 3.8) is 0 Å². The Labute approximate surface area is 157 Å². The summed E-state index contributed by atoms with van der Waals surface area (Å²) in [6, 6.07) is 5.62. The number of carbonyl (C=O) groups excluding carboxylic acids is 2. The number of carbonyl (C=O) groups is 2. The van der Waals surface area contributed by atoms with E-state index < -0.39 is 5.97 Å². The van der Waals surface area contributed by atoms with Crippen LogP contribution in [0.2, 0.25) is 0 Å². The maximum atomic E-state index is 12.2. The molecule has 0 saturated carbocycles. The van der Waals surface area contributed by atoms with Crippen molar-refractivity contribution in [1.29, 1.82) is 0 Å². The fourth-order valence-electron chi connectivity index (χ4n) is 2.92. The summed E-state index contributed by atoms with van der Waals surface area (Å²) < 4.78 is 5.17.